The highest BCUT2D eigenvalue weighted by molar-refractivity contribution is 8.02. The molecular weight excluding hydrogens is 272 g/mol. The lowest BCUT2D eigenvalue weighted by molar-refractivity contribution is 0.0484. The molecule has 1 atom stereocenters. The van der Waals surface area contributed by atoms with Crippen LogP contribution in [-0.2, 0) is 4.74 Å². The van der Waals surface area contributed by atoms with E-state index < -0.39 is 5.60 Å². The third-order valence-electron chi connectivity index (χ3n) is 3.81. The summed E-state index contributed by atoms with van der Waals surface area (Å²) in [6.07, 6.45) is 6.31. The molecule has 0 radical (unpaired) electrons. The topological polar surface area (TPSA) is 41.6 Å². The van der Waals surface area contributed by atoms with Gasteiger partial charge in [0, 0.05) is 19.3 Å². The Morgan fingerprint density at radius 1 is 1.30 bits per heavy atom. The lowest BCUT2D eigenvalue weighted by Gasteiger charge is -2.35. The minimum absolute atomic E-state index is 0.269. The summed E-state index contributed by atoms with van der Waals surface area (Å²) in [5, 5.41) is 5.76. The van der Waals surface area contributed by atoms with Crippen molar-refractivity contribution in [1.82, 2.24) is 10.2 Å². The molecule has 0 saturated heterocycles. The maximum atomic E-state index is 11.8. The van der Waals surface area contributed by atoms with Crippen LogP contribution >= 0.6 is 11.8 Å². The maximum Gasteiger partial charge on any atom is 0.407 e. The first kappa shape index (κ1) is 15.5. The zero-order valence-corrected chi connectivity index (χ0v) is 13.7. The van der Waals surface area contributed by atoms with Crippen molar-refractivity contribution in [2.45, 2.75) is 63.5 Å². The highest BCUT2D eigenvalue weighted by Gasteiger charge is 2.31. The van der Waals surface area contributed by atoms with E-state index in [0.717, 1.165) is 18.8 Å². The molecule has 2 rings (SSSR count). The van der Waals surface area contributed by atoms with Gasteiger partial charge in [-0.05, 0) is 57.8 Å². The smallest absolute Gasteiger partial charge is 0.407 e. The number of amides is 1. The summed E-state index contributed by atoms with van der Waals surface area (Å²) in [5.41, 5.74) is -0.420. The molecule has 1 N–H and O–H groups in total. The summed E-state index contributed by atoms with van der Waals surface area (Å²) in [6, 6.07) is 0.269. The quantitative estimate of drug-likeness (QED) is 0.846. The minimum atomic E-state index is -0.420. The van der Waals surface area contributed by atoms with E-state index in [4.69, 9.17) is 4.74 Å². The van der Waals surface area contributed by atoms with Gasteiger partial charge in [0.25, 0.3) is 0 Å². The highest BCUT2D eigenvalue weighted by atomic mass is 32.2. The summed E-state index contributed by atoms with van der Waals surface area (Å²) < 4.78 is 5.31. The first-order chi connectivity index (χ1) is 9.35. The molecule has 0 spiro atoms. The second-order valence-electron chi connectivity index (χ2n) is 6.74. The molecule has 0 aromatic heterocycles. The van der Waals surface area contributed by atoms with E-state index in [9.17, 15) is 4.79 Å². The average Bonchev–Trinajstić information content (AvgIpc) is 2.74. The second kappa shape index (κ2) is 6.29. The fraction of sp³-hybridized carbons (Fsp3) is 0.800. The number of thioether (sulfide) groups is 1. The van der Waals surface area contributed by atoms with Gasteiger partial charge in [-0.3, -0.25) is 0 Å². The van der Waals surface area contributed by atoms with Crippen LogP contribution in [0.2, 0.25) is 0 Å². The molecule has 1 saturated carbocycles. The molecular formula is C15H26N2O2S. The Hall–Kier alpha value is -0.840. The van der Waals surface area contributed by atoms with Crippen molar-refractivity contribution in [3.05, 3.63) is 11.6 Å². The number of carbonyl (C=O) groups excluding carboxylic acids is 1. The van der Waals surface area contributed by atoms with E-state index in [1.54, 1.807) is 0 Å². The molecule has 20 heavy (non-hydrogen) atoms. The number of ether oxygens (including phenoxy) is 1. The summed E-state index contributed by atoms with van der Waals surface area (Å²) in [6.45, 7) is 5.68. The van der Waals surface area contributed by atoms with Crippen LogP contribution in [0.3, 0.4) is 0 Å². The van der Waals surface area contributed by atoms with E-state index in [0.29, 0.717) is 5.37 Å². The van der Waals surface area contributed by atoms with Crippen molar-refractivity contribution in [2.75, 3.05) is 7.05 Å². The Morgan fingerprint density at radius 2 is 1.95 bits per heavy atom. The molecule has 1 fully saturated rings. The summed E-state index contributed by atoms with van der Waals surface area (Å²) >= 11 is 1.91. The van der Waals surface area contributed by atoms with Crippen LogP contribution < -0.4 is 5.32 Å². The summed E-state index contributed by atoms with van der Waals surface area (Å²) in [4.78, 5) is 14.1. The molecule has 0 unspecified atom stereocenters. The van der Waals surface area contributed by atoms with Gasteiger partial charge >= 0.3 is 6.09 Å². The van der Waals surface area contributed by atoms with Gasteiger partial charge < -0.3 is 15.0 Å². The predicted molar refractivity (Wildman–Crippen MR) is 83.4 cm³/mol. The van der Waals surface area contributed by atoms with Gasteiger partial charge in [0.2, 0.25) is 0 Å². The van der Waals surface area contributed by atoms with Gasteiger partial charge in [-0.1, -0.05) is 0 Å². The number of carbonyl (C=O) groups is 1. The Kier molecular flexibility index (Phi) is 4.89. The van der Waals surface area contributed by atoms with Crippen molar-refractivity contribution < 1.29 is 9.53 Å². The zero-order valence-electron chi connectivity index (χ0n) is 12.9. The first-order valence-electron chi connectivity index (χ1n) is 7.39. The lowest BCUT2D eigenvalue weighted by Crippen LogP contribution is -2.42. The van der Waals surface area contributed by atoms with Crippen molar-refractivity contribution in [3.63, 3.8) is 0 Å². The molecule has 114 valence electrons. The third kappa shape index (κ3) is 4.33. The van der Waals surface area contributed by atoms with Crippen LogP contribution in [0.15, 0.2) is 11.6 Å². The fourth-order valence-electron chi connectivity index (χ4n) is 2.86. The Labute approximate surface area is 126 Å². The SMILES string of the molecule is CN1C=CS[C@@H]1C1CCC(NC(=O)OC(C)(C)C)CC1. The molecule has 1 aliphatic carbocycles. The Morgan fingerprint density at radius 3 is 2.45 bits per heavy atom. The molecule has 0 aromatic rings. The predicted octanol–water partition coefficient (Wildman–Crippen LogP) is 3.55. The normalized spacial score (nSPS) is 30.4. The van der Waals surface area contributed by atoms with Crippen molar-refractivity contribution >= 4 is 17.9 Å². The number of nitrogens with zero attached hydrogens (tertiary/aromatic N) is 1. The zero-order chi connectivity index (χ0) is 14.8. The van der Waals surface area contributed by atoms with Gasteiger partial charge in [0.1, 0.15) is 5.60 Å². The monoisotopic (exact) mass is 298 g/mol. The standard InChI is InChI=1S/C15H26N2O2S/c1-15(2,3)19-14(18)16-12-7-5-11(6-8-12)13-17(4)9-10-20-13/h9-13H,5-8H2,1-4H3,(H,16,18)/t11?,12?,13-/m1/s1. The van der Waals surface area contributed by atoms with Crippen LogP contribution in [0.5, 0.6) is 0 Å². The summed E-state index contributed by atoms with van der Waals surface area (Å²) in [5.74, 6) is 0.719. The van der Waals surface area contributed by atoms with E-state index in [1.807, 2.05) is 32.5 Å². The second-order valence-corrected chi connectivity index (χ2v) is 7.76. The summed E-state index contributed by atoms with van der Waals surface area (Å²) in [7, 11) is 2.15. The maximum absolute atomic E-state index is 11.8. The number of rotatable bonds is 2. The van der Waals surface area contributed by atoms with Crippen LogP contribution in [0, 0.1) is 5.92 Å². The van der Waals surface area contributed by atoms with Gasteiger partial charge in [0.05, 0.1) is 5.37 Å². The molecule has 1 aliphatic heterocycles. The minimum Gasteiger partial charge on any atom is -0.444 e. The van der Waals surface area contributed by atoms with Crippen molar-refractivity contribution in [3.8, 4) is 0 Å². The molecule has 1 amide bonds. The van der Waals surface area contributed by atoms with Crippen molar-refractivity contribution in [1.29, 1.82) is 0 Å². The fourth-order valence-corrected chi connectivity index (χ4v) is 4.04. The van der Waals surface area contributed by atoms with E-state index in [-0.39, 0.29) is 12.1 Å². The van der Waals surface area contributed by atoms with E-state index in [2.05, 4.69) is 28.9 Å². The molecule has 1 heterocycles. The number of nitrogens with one attached hydrogen (secondary N) is 1. The lowest BCUT2D eigenvalue weighted by atomic mass is 9.85. The van der Waals surface area contributed by atoms with Crippen molar-refractivity contribution in [2.24, 2.45) is 5.92 Å². The Bertz CT molecular complexity index is 371. The molecule has 2 aliphatic rings. The highest BCUT2D eigenvalue weighted by Crippen LogP contribution is 2.37. The number of hydrogen-bond donors (Lipinski definition) is 1. The van der Waals surface area contributed by atoms with Gasteiger partial charge in [0.15, 0.2) is 0 Å². The molecule has 4 nitrogen and oxygen atoms in total. The van der Waals surface area contributed by atoms with Gasteiger partial charge in [-0.15, -0.1) is 11.8 Å². The average molecular weight is 298 g/mol. The largest absolute Gasteiger partial charge is 0.444 e. The number of hydrogen-bond acceptors (Lipinski definition) is 4. The molecule has 0 aromatic carbocycles. The number of alkyl carbamates (subject to hydrolysis) is 1. The van der Waals surface area contributed by atoms with Gasteiger partial charge in [-0.25, -0.2) is 4.79 Å². The molecule has 5 heteroatoms. The van der Waals surface area contributed by atoms with E-state index >= 15 is 0 Å². The van der Waals surface area contributed by atoms with Crippen LogP contribution in [-0.4, -0.2) is 35.1 Å². The van der Waals surface area contributed by atoms with E-state index in [1.165, 1.54) is 12.8 Å². The van der Waals surface area contributed by atoms with Crippen LogP contribution in [0.4, 0.5) is 4.79 Å². The van der Waals surface area contributed by atoms with Crippen LogP contribution in [0.1, 0.15) is 46.5 Å². The molecule has 0 bridgehead atoms. The van der Waals surface area contributed by atoms with Gasteiger partial charge in [-0.2, -0.15) is 0 Å². The third-order valence-corrected chi connectivity index (χ3v) is 5.09. The van der Waals surface area contributed by atoms with Crippen LogP contribution in [0.25, 0.3) is 0 Å². The first-order valence-corrected chi connectivity index (χ1v) is 8.33. The Balaban J connectivity index is 1.73.